The van der Waals surface area contributed by atoms with Gasteiger partial charge in [0.25, 0.3) is 0 Å². The van der Waals surface area contributed by atoms with Gasteiger partial charge in [-0.1, -0.05) is 42.7 Å². The molecule has 0 fully saturated rings. The van der Waals surface area contributed by atoms with E-state index in [1.165, 1.54) is 0 Å². The van der Waals surface area contributed by atoms with Crippen molar-refractivity contribution in [1.82, 2.24) is 0 Å². The minimum atomic E-state index is -0.815. The number of nitrogens with zero attached hydrogens (tertiary/aromatic N) is 1. The zero-order chi connectivity index (χ0) is 25.2. The summed E-state index contributed by atoms with van der Waals surface area (Å²) in [4.78, 5) is 40.9. The second-order valence-electron chi connectivity index (χ2n) is 7.82. The van der Waals surface area contributed by atoms with Crippen LogP contribution in [0.3, 0.4) is 0 Å². The van der Waals surface area contributed by atoms with E-state index in [1.807, 2.05) is 32.9 Å². The Morgan fingerprint density at radius 1 is 1.00 bits per heavy atom. The van der Waals surface area contributed by atoms with Crippen LogP contribution in [0.4, 0.5) is 5.69 Å². The van der Waals surface area contributed by atoms with Crippen LogP contribution in [0.15, 0.2) is 32.2 Å². The molecule has 2 heterocycles. The van der Waals surface area contributed by atoms with Gasteiger partial charge < -0.3 is 19.1 Å². The molecule has 0 N–H and O–H groups in total. The molecular weight excluding hydrogens is 494 g/mol. The van der Waals surface area contributed by atoms with Gasteiger partial charge in [0, 0.05) is 17.6 Å². The van der Waals surface area contributed by atoms with E-state index in [2.05, 4.69) is 0 Å². The molecule has 34 heavy (non-hydrogen) atoms. The van der Waals surface area contributed by atoms with Gasteiger partial charge in [-0.25, -0.2) is 9.59 Å². The van der Waals surface area contributed by atoms with Gasteiger partial charge in [-0.2, -0.15) is 0 Å². The largest absolute Gasteiger partial charge is 0.497 e. The summed E-state index contributed by atoms with van der Waals surface area (Å²) in [5.41, 5.74) is 1.26. The summed E-state index contributed by atoms with van der Waals surface area (Å²) in [6.07, 6.45) is 0.314. The number of carbonyl (C=O) groups is 3. The monoisotopic (exact) mass is 521 g/mol. The fraction of sp³-hybridized carbons (Fsp3) is 0.417. The molecule has 0 bridgehead atoms. The van der Waals surface area contributed by atoms with Gasteiger partial charge in [-0.3, -0.25) is 4.79 Å². The zero-order valence-corrected chi connectivity index (χ0v) is 22.4. The molecular formula is C24H27NO6S3. The standard InChI is InChI=1S/C24H27NO6S3/c1-7-16(26)25-15-11-10-13(29-6)12-14(15)17(20(32)24(25,4)5)23-33-18(21(27)30-8-2)19(34-23)22(28)31-9-3/h10-12H,7-9H2,1-6H3. The molecule has 0 saturated carbocycles. The normalized spacial score (nSPS) is 17.0. The third-order valence-corrected chi connectivity index (χ3v) is 8.59. The second-order valence-corrected chi connectivity index (χ2v) is 10.5. The van der Waals surface area contributed by atoms with E-state index in [9.17, 15) is 14.4 Å². The molecule has 10 heteroatoms. The number of thioether (sulfide) groups is 2. The van der Waals surface area contributed by atoms with Crippen LogP contribution < -0.4 is 9.64 Å². The number of methoxy groups -OCH3 is 1. The van der Waals surface area contributed by atoms with Crippen molar-refractivity contribution in [3.63, 3.8) is 0 Å². The highest BCUT2D eigenvalue weighted by Crippen LogP contribution is 2.56. The number of benzene rings is 1. The third-order valence-electron chi connectivity index (χ3n) is 5.33. The molecule has 0 unspecified atom stereocenters. The first-order valence-electron chi connectivity index (χ1n) is 10.9. The average Bonchev–Trinajstić information content (AvgIpc) is 3.25. The lowest BCUT2D eigenvalue weighted by Crippen LogP contribution is -2.55. The summed E-state index contributed by atoms with van der Waals surface area (Å²) in [5, 5.41) is 0. The summed E-state index contributed by atoms with van der Waals surface area (Å²) >= 11 is 8.22. The number of thiocarbonyl (C=S) groups is 1. The number of fused-ring (bicyclic) bond motifs is 1. The van der Waals surface area contributed by atoms with Crippen LogP contribution in [0.1, 0.15) is 46.6 Å². The van der Waals surface area contributed by atoms with Crippen molar-refractivity contribution in [1.29, 1.82) is 0 Å². The van der Waals surface area contributed by atoms with E-state index >= 15 is 0 Å². The fourth-order valence-corrected chi connectivity index (χ4v) is 6.72. The van der Waals surface area contributed by atoms with Crippen LogP contribution >= 0.6 is 35.7 Å². The van der Waals surface area contributed by atoms with Gasteiger partial charge >= 0.3 is 11.9 Å². The molecule has 0 radical (unpaired) electrons. The van der Waals surface area contributed by atoms with Crippen LogP contribution in [0.2, 0.25) is 0 Å². The number of carbonyl (C=O) groups excluding carboxylic acids is 3. The summed E-state index contributed by atoms with van der Waals surface area (Å²) in [5.74, 6) is -0.644. The highest BCUT2D eigenvalue weighted by atomic mass is 32.2. The van der Waals surface area contributed by atoms with E-state index < -0.39 is 17.5 Å². The number of rotatable bonds is 6. The van der Waals surface area contributed by atoms with Crippen molar-refractivity contribution in [3.8, 4) is 5.75 Å². The minimum absolute atomic E-state index is 0.0629. The highest BCUT2D eigenvalue weighted by Gasteiger charge is 2.46. The van der Waals surface area contributed by atoms with Crippen molar-refractivity contribution in [2.75, 3.05) is 25.2 Å². The van der Waals surface area contributed by atoms with Crippen LogP contribution in [-0.2, 0) is 23.9 Å². The van der Waals surface area contributed by atoms with Crippen LogP contribution in [0, 0.1) is 0 Å². The molecule has 3 rings (SSSR count). The molecule has 1 amide bonds. The lowest BCUT2D eigenvalue weighted by Gasteiger charge is -2.45. The molecule has 0 atom stereocenters. The van der Waals surface area contributed by atoms with Crippen LogP contribution in [-0.4, -0.2) is 48.6 Å². The summed E-state index contributed by atoms with van der Waals surface area (Å²) in [7, 11) is 1.56. The lowest BCUT2D eigenvalue weighted by atomic mass is 9.83. The highest BCUT2D eigenvalue weighted by molar-refractivity contribution is 8.29. The third kappa shape index (κ3) is 4.63. The molecule has 182 valence electrons. The smallest absolute Gasteiger partial charge is 0.346 e. The van der Waals surface area contributed by atoms with Gasteiger partial charge in [-0.05, 0) is 45.9 Å². The zero-order valence-electron chi connectivity index (χ0n) is 20.0. The Morgan fingerprint density at radius 2 is 1.56 bits per heavy atom. The quantitative estimate of drug-likeness (QED) is 0.289. The van der Waals surface area contributed by atoms with E-state index in [0.29, 0.717) is 38.1 Å². The average molecular weight is 522 g/mol. The number of esters is 2. The Hall–Kier alpha value is -2.30. The first kappa shape index (κ1) is 26.3. The summed E-state index contributed by atoms with van der Waals surface area (Å²) in [6, 6.07) is 5.45. The molecule has 1 aromatic carbocycles. The number of amides is 1. The predicted octanol–water partition coefficient (Wildman–Crippen LogP) is 5.09. The van der Waals surface area contributed by atoms with Gasteiger partial charge in [-0.15, -0.1) is 0 Å². The van der Waals surface area contributed by atoms with Crippen molar-refractivity contribution in [3.05, 3.63) is 37.8 Å². The van der Waals surface area contributed by atoms with Crippen molar-refractivity contribution >= 4 is 69.7 Å². The molecule has 0 aromatic heterocycles. The molecule has 2 aliphatic heterocycles. The molecule has 0 spiro atoms. The van der Waals surface area contributed by atoms with E-state index in [-0.39, 0.29) is 28.9 Å². The van der Waals surface area contributed by atoms with Gasteiger partial charge in [0.05, 0.1) is 40.7 Å². The molecule has 0 aliphatic carbocycles. The number of hydrogen-bond donors (Lipinski definition) is 0. The fourth-order valence-electron chi connectivity index (χ4n) is 3.74. The molecule has 7 nitrogen and oxygen atoms in total. The minimum Gasteiger partial charge on any atom is -0.497 e. The summed E-state index contributed by atoms with van der Waals surface area (Å²) in [6.45, 7) is 9.36. The van der Waals surface area contributed by atoms with E-state index in [1.54, 1.807) is 31.9 Å². The Morgan fingerprint density at radius 3 is 2.03 bits per heavy atom. The van der Waals surface area contributed by atoms with Gasteiger partial charge in [0.2, 0.25) is 5.91 Å². The Bertz CT molecular complexity index is 1090. The van der Waals surface area contributed by atoms with Gasteiger partial charge in [0.1, 0.15) is 15.6 Å². The maximum atomic E-state index is 13.0. The van der Waals surface area contributed by atoms with Crippen molar-refractivity contribution in [2.24, 2.45) is 0 Å². The Kier molecular flexibility index (Phi) is 8.15. The first-order chi connectivity index (χ1) is 16.1. The molecule has 0 saturated heterocycles. The number of anilines is 1. The number of ether oxygens (including phenoxy) is 3. The molecule has 1 aromatic rings. The SMILES string of the molecule is CCOC(=O)C1=C(C(=O)OCC)SC(=C2C(=S)C(C)(C)N(C(=O)CC)c3ccc(OC)cc32)S1. The second kappa shape index (κ2) is 10.5. The van der Waals surface area contributed by atoms with E-state index in [4.69, 9.17) is 26.4 Å². The maximum Gasteiger partial charge on any atom is 0.346 e. The predicted molar refractivity (Wildman–Crippen MR) is 140 cm³/mol. The van der Waals surface area contributed by atoms with Crippen molar-refractivity contribution < 1.29 is 28.6 Å². The summed E-state index contributed by atoms with van der Waals surface area (Å²) < 4.78 is 16.5. The first-order valence-corrected chi connectivity index (χ1v) is 12.9. The van der Waals surface area contributed by atoms with Gasteiger partial charge in [0.15, 0.2) is 0 Å². The maximum absolute atomic E-state index is 13.0. The van der Waals surface area contributed by atoms with Crippen LogP contribution in [0.25, 0.3) is 5.57 Å². The molecule has 2 aliphatic rings. The van der Waals surface area contributed by atoms with Crippen LogP contribution in [0.5, 0.6) is 5.75 Å². The van der Waals surface area contributed by atoms with Crippen molar-refractivity contribution in [2.45, 2.75) is 46.6 Å². The topological polar surface area (TPSA) is 82.1 Å². The number of hydrogen-bond acceptors (Lipinski definition) is 9. The Balaban J connectivity index is 2.24. The lowest BCUT2D eigenvalue weighted by molar-refractivity contribution is -0.140. The van der Waals surface area contributed by atoms with E-state index in [0.717, 1.165) is 23.5 Å². The Labute approximate surface area is 213 Å².